The van der Waals surface area contributed by atoms with Crippen molar-refractivity contribution in [3.8, 4) is 0 Å². The zero-order valence-corrected chi connectivity index (χ0v) is 11.3. The van der Waals surface area contributed by atoms with Gasteiger partial charge in [-0.2, -0.15) is 0 Å². The Morgan fingerprint density at radius 3 is 2.25 bits per heavy atom. The second-order valence-electron chi connectivity index (χ2n) is 4.57. The molecule has 2 aromatic rings. The predicted molar refractivity (Wildman–Crippen MR) is 80.6 cm³/mol. The summed E-state index contributed by atoms with van der Waals surface area (Å²) in [5.74, 6) is -0.0924. The molecule has 0 bridgehead atoms. The summed E-state index contributed by atoms with van der Waals surface area (Å²) in [6.07, 6.45) is -0.550. The minimum atomic E-state index is -0.550. The molecule has 0 heterocycles. The van der Waals surface area contributed by atoms with E-state index in [1.54, 1.807) is 0 Å². The zero-order valence-electron chi connectivity index (χ0n) is 11.3. The standard InChI is InChI=1S/C16H18N2O2/c1-12(19)18-15-9-7-14(8-10-15)17-11-16(20)13-5-3-2-4-6-13/h2-10,16-17,20H,11H2,1H3,(H,18,19). The average Bonchev–Trinajstić information content (AvgIpc) is 2.46. The van der Waals surface area contributed by atoms with Crippen LogP contribution in [0.1, 0.15) is 18.6 Å². The minimum Gasteiger partial charge on any atom is -0.387 e. The van der Waals surface area contributed by atoms with E-state index in [0.717, 1.165) is 16.9 Å². The van der Waals surface area contributed by atoms with Crippen LogP contribution >= 0.6 is 0 Å². The first-order valence-electron chi connectivity index (χ1n) is 6.49. The molecule has 1 amide bonds. The number of carbonyl (C=O) groups is 1. The molecule has 0 fully saturated rings. The summed E-state index contributed by atoms with van der Waals surface area (Å²) >= 11 is 0. The SMILES string of the molecule is CC(=O)Nc1ccc(NCC(O)c2ccccc2)cc1. The van der Waals surface area contributed by atoms with E-state index in [-0.39, 0.29) is 5.91 Å². The molecule has 0 saturated heterocycles. The van der Waals surface area contributed by atoms with Gasteiger partial charge in [0.05, 0.1) is 6.10 Å². The Balaban J connectivity index is 1.89. The van der Waals surface area contributed by atoms with Crippen molar-refractivity contribution in [1.29, 1.82) is 0 Å². The van der Waals surface area contributed by atoms with Crippen LogP contribution in [-0.4, -0.2) is 17.6 Å². The van der Waals surface area contributed by atoms with Crippen molar-refractivity contribution in [2.75, 3.05) is 17.2 Å². The molecule has 2 rings (SSSR count). The molecule has 0 saturated carbocycles. The van der Waals surface area contributed by atoms with Crippen molar-refractivity contribution in [3.63, 3.8) is 0 Å². The van der Waals surface area contributed by atoms with Crippen LogP contribution in [0.5, 0.6) is 0 Å². The van der Waals surface area contributed by atoms with Crippen molar-refractivity contribution in [3.05, 3.63) is 60.2 Å². The van der Waals surface area contributed by atoms with Crippen LogP contribution in [0, 0.1) is 0 Å². The fourth-order valence-electron chi connectivity index (χ4n) is 1.88. The van der Waals surface area contributed by atoms with Crippen LogP contribution in [0.4, 0.5) is 11.4 Å². The molecule has 0 aliphatic rings. The van der Waals surface area contributed by atoms with Gasteiger partial charge in [-0.1, -0.05) is 30.3 Å². The maximum Gasteiger partial charge on any atom is 0.221 e. The Hall–Kier alpha value is -2.33. The van der Waals surface area contributed by atoms with Gasteiger partial charge in [-0.15, -0.1) is 0 Å². The molecule has 2 aromatic carbocycles. The number of hydrogen-bond donors (Lipinski definition) is 3. The van der Waals surface area contributed by atoms with Gasteiger partial charge in [0.2, 0.25) is 5.91 Å². The number of rotatable bonds is 5. The van der Waals surface area contributed by atoms with Gasteiger partial charge < -0.3 is 15.7 Å². The molecule has 0 radical (unpaired) electrons. The third kappa shape index (κ3) is 4.10. The summed E-state index contributed by atoms with van der Waals surface area (Å²) in [4.78, 5) is 10.9. The summed E-state index contributed by atoms with van der Waals surface area (Å²) in [5, 5.41) is 15.9. The highest BCUT2D eigenvalue weighted by Crippen LogP contribution is 2.16. The third-order valence-electron chi connectivity index (χ3n) is 2.89. The highest BCUT2D eigenvalue weighted by Gasteiger charge is 2.06. The van der Waals surface area contributed by atoms with E-state index in [1.807, 2.05) is 54.6 Å². The highest BCUT2D eigenvalue weighted by atomic mass is 16.3. The fraction of sp³-hybridized carbons (Fsp3) is 0.188. The second kappa shape index (κ2) is 6.73. The van der Waals surface area contributed by atoms with Gasteiger partial charge in [0.25, 0.3) is 0 Å². The summed E-state index contributed by atoms with van der Waals surface area (Å²) in [7, 11) is 0. The number of aliphatic hydroxyl groups excluding tert-OH is 1. The highest BCUT2D eigenvalue weighted by molar-refractivity contribution is 5.88. The van der Waals surface area contributed by atoms with Gasteiger partial charge in [-0.3, -0.25) is 4.79 Å². The maximum atomic E-state index is 10.9. The summed E-state index contributed by atoms with van der Waals surface area (Å²) < 4.78 is 0. The van der Waals surface area contributed by atoms with Gasteiger partial charge in [0, 0.05) is 24.8 Å². The summed E-state index contributed by atoms with van der Waals surface area (Å²) in [6.45, 7) is 1.91. The van der Waals surface area contributed by atoms with E-state index in [1.165, 1.54) is 6.92 Å². The average molecular weight is 270 g/mol. The molecule has 104 valence electrons. The number of anilines is 2. The second-order valence-corrected chi connectivity index (χ2v) is 4.57. The van der Waals surface area contributed by atoms with E-state index < -0.39 is 6.10 Å². The molecule has 0 spiro atoms. The van der Waals surface area contributed by atoms with E-state index >= 15 is 0 Å². The van der Waals surface area contributed by atoms with Gasteiger partial charge in [0.15, 0.2) is 0 Å². The van der Waals surface area contributed by atoms with E-state index in [9.17, 15) is 9.90 Å². The minimum absolute atomic E-state index is 0.0924. The maximum absolute atomic E-state index is 10.9. The van der Waals surface area contributed by atoms with Crippen LogP contribution in [0.25, 0.3) is 0 Å². The van der Waals surface area contributed by atoms with Crippen molar-refractivity contribution in [2.24, 2.45) is 0 Å². The quantitative estimate of drug-likeness (QED) is 0.783. The van der Waals surface area contributed by atoms with Crippen molar-refractivity contribution in [1.82, 2.24) is 0 Å². The molecule has 0 aromatic heterocycles. The Kier molecular flexibility index (Phi) is 4.74. The topological polar surface area (TPSA) is 61.4 Å². The lowest BCUT2D eigenvalue weighted by atomic mass is 10.1. The van der Waals surface area contributed by atoms with Crippen LogP contribution in [0.3, 0.4) is 0 Å². The molecular weight excluding hydrogens is 252 g/mol. The summed E-state index contributed by atoms with van der Waals surface area (Å²) in [5.41, 5.74) is 2.54. The molecule has 4 nitrogen and oxygen atoms in total. The normalized spacial score (nSPS) is 11.7. The lowest BCUT2D eigenvalue weighted by molar-refractivity contribution is -0.114. The molecule has 1 unspecified atom stereocenters. The fourth-order valence-corrected chi connectivity index (χ4v) is 1.88. The number of carbonyl (C=O) groups excluding carboxylic acids is 1. The Morgan fingerprint density at radius 1 is 1.05 bits per heavy atom. The van der Waals surface area contributed by atoms with Gasteiger partial charge in [0.1, 0.15) is 0 Å². The lowest BCUT2D eigenvalue weighted by Gasteiger charge is -2.13. The van der Waals surface area contributed by atoms with Crippen LogP contribution in [-0.2, 0) is 4.79 Å². The number of hydrogen-bond acceptors (Lipinski definition) is 3. The van der Waals surface area contributed by atoms with E-state index in [2.05, 4.69) is 10.6 Å². The lowest BCUT2D eigenvalue weighted by Crippen LogP contribution is -2.12. The Labute approximate surface area is 118 Å². The molecule has 20 heavy (non-hydrogen) atoms. The van der Waals surface area contributed by atoms with Gasteiger partial charge >= 0.3 is 0 Å². The molecule has 3 N–H and O–H groups in total. The summed E-state index contributed by atoms with van der Waals surface area (Å²) in [6, 6.07) is 16.9. The molecule has 0 aliphatic carbocycles. The van der Waals surface area contributed by atoms with Crippen LogP contribution in [0.2, 0.25) is 0 Å². The van der Waals surface area contributed by atoms with Crippen molar-refractivity contribution in [2.45, 2.75) is 13.0 Å². The number of benzene rings is 2. The predicted octanol–water partition coefficient (Wildman–Crippen LogP) is 2.79. The van der Waals surface area contributed by atoms with Crippen LogP contribution < -0.4 is 10.6 Å². The largest absolute Gasteiger partial charge is 0.387 e. The van der Waals surface area contributed by atoms with E-state index in [0.29, 0.717) is 6.54 Å². The first-order valence-corrected chi connectivity index (χ1v) is 6.49. The number of nitrogens with one attached hydrogen (secondary N) is 2. The molecular formula is C16H18N2O2. The first kappa shape index (κ1) is 14.1. The molecule has 1 atom stereocenters. The van der Waals surface area contributed by atoms with Gasteiger partial charge in [-0.05, 0) is 29.8 Å². The first-order chi connectivity index (χ1) is 9.65. The van der Waals surface area contributed by atoms with E-state index in [4.69, 9.17) is 0 Å². The monoisotopic (exact) mass is 270 g/mol. The Morgan fingerprint density at radius 2 is 1.65 bits per heavy atom. The van der Waals surface area contributed by atoms with Gasteiger partial charge in [-0.25, -0.2) is 0 Å². The Bertz CT molecular complexity index is 552. The number of amides is 1. The number of aliphatic hydroxyl groups is 1. The molecule has 4 heteroatoms. The van der Waals surface area contributed by atoms with Crippen molar-refractivity contribution >= 4 is 17.3 Å². The third-order valence-corrected chi connectivity index (χ3v) is 2.89. The molecule has 0 aliphatic heterocycles. The zero-order chi connectivity index (χ0) is 14.4. The van der Waals surface area contributed by atoms with Crippen LogP contribution in [0.15, 0.2) is 54.6 Å². The smallest absolute Gasteiger partial charge is 0.221 e. The van der Waals surface area contributed by atoms with Crippen molar-refractivity contribution < 1.29 is 9.90 Å².